The number of nitrogens with one attached hydrogen (secondary N) is 2. The first kappa shape index (κ1) is 22.2. The first-order valence-corrected chi connectivity index (χ1v) is 14.1. The fourth-order valence-corrected chi connectivity index (χ4v) is 4.10. The molecule has 9 nitrogen and oxygen atoms in total. The molecule has 1 saturated heterocycles. The summed E-state index contributed by atoms with van der Waals surface area (Å²) >= 11 is 0. The van der Waals surface area contributed by atoms with Crippen LogP contribution in [-0.4, -0.2) is 65.2 Å². The molecule has 0 aliphatic carbocycles. The van der Waals surface area contributed by atoms with Crippen LogP contribution < -0.4 is 10.6 Å². The zero-order valence-electron chi connectivity index (χ0n) is 18.3. The van der Waals surface area contributed by atoms with Crippen LogP contribution in [0.2, 0.25) is 25.7 Å². The Morgan fingerprint density at radius 2 is 2.00 bits per heavy atom. The van der Waals surface area contributed by atoms with Crippen molar-refractivity contribution in [1.29, 1.82) is 0 Å². The summed E-state index contributed by atoms with van der Waals surface area (Å²) in [5, 5.41) is 5.70. The molecule has 2 aromatic heterocycles. The third-order valence-corrected chi connectivity index (χ3v) is 6.91. The van der Waals surface area contributed by atoms with Gasteiger partial charge >= 0.3 is 6.03 Å². The van der Waals surface area contributed by atoms with Crippen molar-refractivity contribution in [3.63, 3.8) is 0 Å². The molecular weight excluding hydrogens is 400 g/mol. The quantitative estimate of drug-likeness (QED) is 0.517. The number of urea groups is 1. The molecule has 1 fully saturated rings. The van der Waals surface area contributed by atoms with Crippen LogP contribution in [0.15, 0.2) is 18.5 Å². The second-order valence-corrected chi connectivity index (χ2v) is 14.6. The molecule has 1 aliphatic rings. The molecule has 164 valence electrons. The van der Waals surface area contributed by atoms with Gasteiger partial charge < -0.3 is 19.5 Å². The van der Waals surface area contributed by atoms with Gasteiger partial charge in [0.2, 0.25) is 5.91 Å². The van der Waals surface area contributed by atoms with E-state index < -0.39 is 8.07 Å². The van der Waals surface area contributed by atoms with Gasteiger partial charge in [0.25, 0.3) is 0 Å². The van der Waals surface area contributed by atoms with E-state index in [2.05, 4.69) is 40.2 Å². The van der Waals surface area contributed by atoms with E-state index >= 15 is 0 Å². The molecule has 3 amide bonds. The second kappa shape index (κ2) is 9.56. The van der Waals surface area contributed by atoms with Crippen molar-refractivity contribution in [3.8, 4) is 0 Å². The summed E-state index contributed by atoms with van der Waals surface area (Å²) in [5.74, 6) is 0.480. The van der Waals surface area contributed by atoms with Gasteiger partial charge in [0.15, 0.2) is 11.5 Å². The molecular formula is C20H32N6O3Si. The summed E-state index contributed by atoms with van der Waals surface area (Å²) in [6.45, 7) is 11.1. The Balaban J connectivity index is 1.50. The van der Waals surface area contributed by atoms with Crippen LogP contribution >= 0.6 is 0 Å². The highest BCUT2D eigenvalue weighted by atomic mass is 28.3. The van der Waals surface area contributed by atoms with Gasteiger partial charge in [-0.25, -0.2) is 14.8 Å². The number of hydrogen-bond donors (Lipinski definition) is 2. The highest BCUT2D eigenvalue weighted by Gasteiger charge is 2.22. The fourth-order valence-electron chi connectivity index (χ4n) is 3.34. The molecule has 30 heavy (non-hydrogen) atoms. The number of carbonyl (C=O) groups is 2. The SMILES string of the molecule is CC(=O)N1CCC(NC(=O)Nc2cnc3c(ccn3COCC[Si](C)(C)C)n2)CC1. The number of carbonyl (C=O) groups excluding carboxylic acids is 2. The molecule has 2 N–H and O–H groups in total. The Morgan fingerprint density at radius 1 is 1.27 bits per heavy atom. The van der Waals surface area contributed by atoms with E-state index in [9.17, 15) is 9.59 Å². The first-order valence-electron chi connectivity index (χ1n) is 10.4. The van der Waals surface area contributed by atoms with Crippen molar-refractivity contribution in [1.82, 2.24) is 24.8 Å². The van der Waals surface area contributed by atoms with Crippen LogP contribution in [0.25, 0.3) is 11.2 Å². The van der Waals surface area contributed by atoms with E-state index in [0.29, 0.717) is 31.2 Å². The number of fused-ring (bicyclic) bond motifs is 1. The van der Waals surface area contributed by atoms with Crippen LogP contribution in [0.4, 0.5) is 10.6 Å². The molecule has 0 bridgehead atoms. The molecule has 0 spiro atoms. The predicted octanol–water partition coefficient (Wildman–Crippen LogP) is 2.88. The van der Waals surface area contributed by atoms with Crippen molar-refractivity contribution in [2.24, 2.45) is 0 Å². The molecule has 3 heterocycles. The molecule has 0 atom stereocenters. The summed E-state index contributed by atoms with van der Waals surface area (Å²) in [7, 11) is -1.11. The van der Waals surface area contributed by atoms with Crippen LogP contribution in [0.5, 0.6) is 0 Å². The van der Waals surface area contributed by atoms with Gasteiger partial charge in [-0.2, -0.15) is 0 Å². The topological polar surface area (TPSA) is 101 Å². The molecule has 0 radical (unpaired) electrons. The summed E-state index contributed by atoms with van der Waals surface area (Å²) in [6, 6.07) is 2.73. The van der Waals surface area contributed by atoms with Gasteiger partial charge in [0.05, 0.1) is 6.20 Å². The summed E-state index contributed by atoms with van der Waals surface area (Å²) < 4.78 is 7.71. The van der Waals surface area contributed by atoms with E-state index in [1.165, 1.54) is 0 Å². The Kier molecular flexibility index (Phi) is 7.09. The van der Waals surface area contributed by atoms with Crippen molar-refractivity contribution in [2.75, 3.05) is 25.0 Å². The monoisotopic (exact) mass is 432 g/mol. The van der Waals surface area contributed by atoms with Gasteiger partial charge in [-0.05, 0) is 25.0 Å². The van der Waals surface area contributed by atoms with E-state index in [-0.39, 0.29) is 18.0 Å². The fraction of sp³-hybridized carbons (Fsp3) is 0.600. The molecule has 0 aromatic carbocycles. The van der Waals surface area contributed by atoms with E-state index in [4.69, 9.17) is 4.74 Å². The Bertz CT molecular complexity index is 886. The Hall–Kier alpha value is -2.46. The maximum absolute atomic E-state index is 12.3. The minimum Gasteiger partial charge on any atom is -0.361 e. The minimum atomic E-state index is -1.11. The summed E-state index contributed by atoms with van der Waals surface area (Å²) in [6.07, 6.45) is 4.95. The first-order chi connectivity index (χ1) is 14.2. The van der Waals surface area contributed by atoms with Crippen LogP contribution in [0.1, 0.15) is 19.8 Å². The van der Waals surface area contributed by atoms with Gasteiger partial charge in [-0.1, -0.05) is 19.6 Å². The zero-order valence-corrected chi connectivity index (χ0v) is 19.3. The van der Waals surface area contributed by atoms with Crippen molar-refractivity contribution in [2.45, 2.75) is 58.2 Å². The molecule has 10 heteroatoms. The third kappa shape index (κ3) is 6.27. The largest absolute Gasteiger partial charge is 0.361 e. The summed E-state index contributed by atoms with van der Waals surface area (Å²) in [5.41, 5.74) is 1.43. The van der Waals surface area contributed by atoms with Gasteiger partial charge in [-0.15, -0.1) is 0 Å². The average molecular weight is 433 g/mol. The molecule has 1 aliphatic heterocycles. The standard InChI is InChI=1S/C20H32N6O3Si/c1-15(27)25-8-5-16(6-9-25)22-20(28)24-18-13-21-19-17(23-18)7-10-26(19)14-29-11-12-30(2,3)4/h7,10,13,16H,5-6,8-9,11-12,14H2,1-4H3,(H2,22,23,24,28). The van der Waals surface area contributed by atoms with Crippen LogP contribution in [0.3, 0.4) is 0 Å². The lowest BCUT2D eigenvalue weighted by atomic mass is 10.1. The van der Waals surface area contributed by atoms with E-state index in [1.807, 2.05) is 16.8 Å². The van der Waals surface area contributed by atoms with Crippen molar-refractivity contribution in [3.05, 3.63) is 18.5 Å². The van der Waals surface area contributed by atoms with Gasteiger partial charge in [0, 0.05) is 46.9 Å². The number of piperidine rings is 1. The van der Waals surface area contributed by atoms with E-state index in [1.54, 1.807) is 18.0 Å². The average Bonchev–Trinajstić information content (AvgIpc) is 3.07. The summed E-state index contributed by atoms with van der Waals surface area (Å²) in [4.78, 5) is 34.4. The number of likely N-dealkylation sites (tertiary alicyclic amines) is 1. The lowest BCUT2D eigenvalue weighted by molar-refractivity contribution is -0.129. The lowest BCUT2D eigenvalue weighted by Gasteiger charge is -2.31. The number of amides is 3. The molecule has 0 unspecified atom stereocenters. The van der Waals surface area contributed by atoms with Crippen molar-refractivity contribution < 1.29 is 14.3 Å². The Labute approximate surface area is 178 Å². The number of hydrogen-bond acceptors (Lipinski definition) is 5. The Morgan fingerprint density at radius 3 is 2.67 bits per heavy atom. The molecule has 2 aromatic rings. The highest BCUT2D eigenvalue weighted by Crippen LogP contribution is 2.15. The van der Waals surface area contributed by atoms with Gasteiger partial charge in [-0.3, -0.25) is 10.1 Å². The van der Waals surface area contributed by atoms with Crippen LogP contribution in [0, 0.1) is 0 Å². The number of anilines is 1. The normalized spacial score (nSPS) is 15.4. The maximum Gasteiger partial charge on any atom is 0.320 e. The number of ether oxygens (including phenoxy) is 1. The van der Waals surface area contributed by atoms with E-state index in [0.717, 1.165) is 31.1 Å². The highest BCUT2D eigenvalue weighted by molar-refractivity contribution is 6.76. The third-order valence-electron chi connectivity index (χ3n) is 5.21. The number of aromatic nitrogens is 3. The van der Waals surface area contributed by atoms with Gasteiger partial charge in [0.1, 0.15) is 12.2 Å². The molecule has 0 saturated carbocycles. The predicted molar refractivity (Wildman–Crippen MR) is 119 cm³/mol. The molecule has 3 rings (SSSR count). The smallest absolute Gasteiger partial charge is 0.320 e. The maximum atomic E-state index is 12.3. The second-order valence-electron chi connectivity index (χ2n) is 8.98. The van der Waals surface area contributed by atoms with Crippen molar-refractivity contribution >= 4 is 37.0 Å². The zero-order chi connectivity index (χ0) is 21.7. The van der Waals surface area contributed by atoms with Crippen LogP contribution in [-0.2, 0) is 16.3 Å². The number of nitrogens with zero attached hydrogens (tertiary/aromatic N) is 4. The minimum absolute atomic E-state index is 0.0479. The number of rotatable bonds is 7. The lowest BCUT2D eigenvalue weighted by Crippen LogP contribution is -2.47.